The van der Waals surface area contributed by atoms with Gasteiger partial charge in [-0.2, -0.15) is 0 Å². The van der Waals surface area contributed by atoms with Crippen molar-refractivity contribution in [3.05, 3.63) is 64.3 Å². The van der Waals surface area contributed by atoms with Crippen LogP contribution in [-0.2, 0) is 22.3 Å². The summed E-state index contributed by atoms with van der Waals surface area (Å²) in [6.07, 6.45) is 1.42. The Hall–Kier alpha value is -2.15. The van der Waals surface area contributed by atoms with Crippen LogP contribution in [0.1, 0.15) is 12.5 Å². The molecule has 0 saturated heterocycles. The summed E-state index contributed by atoms with van der Waals surface area (Å²) in [4.78, 5) is 11.4. The molecule has 5 nitrogen and oxygen atoms in total. The minimum absolute atomic E-state index is 0.0915. The lowest BCUT2D eigenvalue weighted by molar-refractivity contribution is 0.591. The smallest absolute Gasteiger partial charge is 0.250 e. The summed E-state index contributed by atoms with van der Waals surface area (Å²) in [5.41, 5.74) is 0.149. The Morgan fingerprint density at radius 3 is 2.57 bits per heavy atom. The Balaban J connectivity index is 2.22. The number of hydrogen-bond donors (Lipinski definition) is 1. The monoisotopic (exact) mass is 310 g/mol. The van der Waals surface area contributed by atoms with Crippen LogP contribution in [0, 0.1) is 5.82 Å². The maximum atomic E-state index is 13.5. The van der Waals surface area contributed by atoms with E-state index in [4.69, 9.17) is 0 Å². The molecule has 0 aliphatic rings. The Morgan fingerprint density at radius 1 is 1.19 bits per heavy atom. The molecule has 0 radical (unpaired) electrons. The fraction of sp³-hybridized carbons (Fsp3) is 0.214. The predicted octanol–water partition coefficient (Wildman–Crippen LogP) is 1.95. The number of pyridine rings is 1. The maximum Gasteiger partial charge on any atom is 0.250 e. The van der Waals surface area contributed by atoms with Crippen LogP contribution in [0.3, 0.4) is 0 Å². The van der Waals surface area contributed by atoms with E-state index < -0.39 is 21.6 Å². The third kappa shape index (κ3) is 3.91. The molecule has 0 aliphatic carbocycles. The van der Waals surface area contributed by atoms with Gasteiger partial charge in [-0.05, 0) is 19.1 Å². The number of hydrogen-bond acceptors (Lipinski definition) is 3. The summed E-state index contributed by atoms with van der Waals surface area (Å²) >= 11 is 0. The van der Waals surface area contributed by atoms with Crippen molar-refractivity contribution in [2.45, 2.75) is 19.2 Å². The molecule has 21 heavy (non-hydrogen) atoms. The van der Waals surface area contributed by atoms with Gasteiger partial charge in [-0.3, -0.25) is 9.52 Å². The van der Waals surface area contributed by atoms with Crippen LogP contribution in [0.2, 0.25) is 0 Å². The SMILES string of the molecule is CCn1cc(NS(=O)(=O)Cc2ccccc2F)ccc1=O. The lowest BCUT2D eigenvalue weighted by Gasteiger charge is -2.10. The molecule has 0 saturated carbocycles. The highest BCUT2D eigenvalue weighted by Crippen LogP contribution is 2.14. The molecule has 1 aromatic heterocycles. The molecule has 0 fully saturated rings. The van der Waals surface area contributed by atoms with E-state index in [0.717, 1.165) is 0 Å². The Labute approximate surface area is 122 Å². The molecule has 0 bridgehead atoms. The van der Waals surface area contributed by atoms with Crippen molar-refractivity contribution >= 4 is 15.7 Å². The molecule has 2 rings (SSSR count). The van der Waals surface area contributed by atoms with E-state index in [0.29, 0.717) is 6.54 Å². The molecule has 0 spiro atoms. The van der Waals surface area contributed by atoms with Crippen molar-refractivity contribution in [1.29, 1.82) is 0 Å². The molecule has 1 aromatic carbocycles. The van der Waals surface area contributed by atoms with Crippen LogP contribution in [0.25, 0.3) is 0 Å². The zero-order valence-corrected chi connectivity index (χ0v) is 12.2. The highest BCUT2D eigenvalue weighted by Gasteiger charge is 2.14. The summed E-state index contributed by atoms with van der Waals surface area (Å²) in [6.45, 7) is 2.21. The van der Waals surface area contributed by atoms with Gasteiger partial charge in [0.05, 0.1) is 11.4 Å². The topological polar surface area (TPSA) is 68.2 Å². The summed E-state index contributed by atoms with van der Waals surface area (Å²) in [5.74, 6) is -1.04. The molecule has 112 valence electrons. The van der Waals surface area contributed by atoms with Gasteiger partial charge in [-0.1, -0.05) is 18.2 Å². The van der Waals surface area contributed by atoms with Crippen LogP contribution in [0.5, 0.6) is 0 Å². The van der Waals surface area contributed by atoms with Crippen LogP contribution in [0.4, 0.5) is 10.1 Å². The van der Waals surface area contributed by atoms with E-state index in [1.165, 1.54) is 41.1 Å². The normalized spacial score (nSPS) is 11.3. The first kappa shape index (κ1) is 15.2. The second kappa shape index (κ2) is 6.09. The van der Waals surface area contributed by atoms with E-state index in [2.05, 4.69) is 4.72 Å². The van der Waals surface area contributed by atoms with Gasteiger partial charge < -0.3 is 4.57 Å². The fourth-order valence-corrected chi connectivity index (χ4v) is 3.07. The zero-order chi connectivity index (χ0) is 15.5. The molecule has 0 atom stereocenters. The highest BCUT2D eigenvalue weighted by molar-refractivity contribution is 7.91. The number of benzene rings is 1. The van der Waals surface area contributed by atoms with Crippen LogP contribution >= 0.6 is 0 Å². The molecule has 2 aromatic rings. The number of aryl methyl sites for hydroxylation is 1. The Bertz CT molecular complexity index is 800. The van der Waals surface area contributed by atoms with Crippen molar-refractivity contribution in [3.63, 3.8) is 0 Å². The first-order valence-electron chi connectivity index (χ1n) is 6.35. The third-order valence-electron chi connectivity index (χ3n) is 2.90. The number of rotatable bonds is 5. The first-order chi connectivity index (χ1) is 9.91. The average Bonchev–Trinajstić information content (AvgIpc) is 2.43. The number of anilines is 1. The summed E-state index contributed by atoms with van der Waals surface area (Å²) in [5, 5.41) is 0. The fourth-order valence-electron chi connectivity index (χ4n) is 1.87. The van der Waals surface area contributed by atoms with Crippen molar-refractivity contribution < 1.29 is 12.8 Å². The Morgan fingerprint density at radius 2 is 1.90 bits per heavy atom. The van der Waals surface area contributed by atoms with E-state index in [9.17, 15) is 17.6 Å². The lowest BCUT2D eigenvalue weighted by Crippen LogP contribution is -2.20. The van der Waals surface area contributed by atoms with Crippen molar-refractivity contribution in [1.82, 2.24) is 4.57 Å². The number of nitrogens with zero attached hydrogens (tertiary/aromatic N) is 1. The number of aromatic nitrogens is 1. The van der Waals surface area contributed by atoms with Crippen molar-refractivity contribution in [2.75, 3.05) is 4.72 Å². The summed E-state index contributed by atoms with van der Waals surface area (Å²) < 4.78 is 41.3. The van der Waals surface area contributed by atoms with Gasteiger partial charge in [0.1, 0.15) is 5.82 Å². The molecule has 0 aliphatic heterocycles. The number of sulfonamides is 1. The van der Waals surface area contributed by atoms with Gasteiger partial charge in [0.15, 0.2) is 0 Å². The number of halogens is 1. The largest absolute Gasteiger partial charge is 0.314 e. The highest BCUT2D eigenvalue weighted by atomic mass is 32.2. The van der Waals surface area contributed by atoms with E-state index in [1.54, 1.807) is 13.0 Å². The van der Waals surface area contributed by atoms with Crippen molar-refractivity contribution in [2.24, 2.45) is 0 Å². The second-order valence-corrected chi connectivity index (χ2v) is 6.22. The number of nitrogens with one attached hydrogen (secondary N) is 1. The van der Waals surface area contributed by atoms with Gasteiger partial charge in [0.2, 0.25) is 10.0 Å². The quantitative estimate of drug-likeness (QED) is 0.918. The molecule has 0 amide bonds. The summed E-state index contributed by atoms with van der Waals surface area (Å²) in [7, 11) is -3.75. The van der Waals surface area contributed by atoms with Crippen LogP contribution in [0.15, 0.2) is 47.4 Å². The summed E-state index contributed by atoms with van der Waals surface area (Å²) in [6, 6.07) is 8.36. The van der Waals surface area contributed by atoms with E-state index in [1.807, 2.05) is 0 Å². The van der Waals surface area contributed by atoms with Crippen LogP contribution < -0.4 is 10.3 Å². The van der Waals surface area contributed by atoms with Gasteiger partial charge in [-0.15, -0.1) is 0 Å². The van der Waals surface area contributed by atoms with E-state index in [-0.39, 0.29) is 16.8 Å². The van der Waals surface area contributed by atoms with Gasteiger partial charge in [0, 0.05) is 24.4 Å². The first-order valence-corrected chi connectivity index (χ1v) is 8.01. The molecule has 1 heterocycles. The molecule has 0 unspecified atom stereocenters. The van der Waals surface area contributed by atoms with Gasteiger partial charge in [-0.25, -0.2) is 12.8 Å². The minimum atomic E-state index is -3.75. The van der Waals surface area contributed by atoms with E-state index >= 15 is 0 Å². The molecular weight excluding hydrogens is 295 g/mol. The predicted molar refractivity (Wildman–Crippen MR) is 79.0 cm³/mol. The van der Waals surface area contributed by atoms with Gasteiger partial charge >= 0.3 is 0 Å². The maximum absolute atomic E-state index is 13.5. The van der Waals surface area contributed by atoms with Gasteiger partial charge in [0.25, 0.3) is 5.56 Å². The van der Waals surface area contributed by atoms with Crippen LogP contribution in [-0.4, -0.2) is 13.0 Å². The minimum Gasteiger partial charge on any atom is -0.314 e. The average molecular weight is 310 g/mol. The lowest BCUT2D eigenvalue weighted by atomic mass is 10.2. The Kier molecular flexibility index (Phi) is 4.42. The standard InChI is InChI=1S/C14H15FN2O3S/c1-2-17-9-12(7-8-14(17)18)16-21(19,20)10-11-5-3-4-6-13(11)15/h3-9,16H,2,10H2,1H3. The molecule has 1 N–H and O–H groups in total. The second-order valence-electron chi connectivity index (χ2n) is 4.49. The molecule has 7 heteroatoms. The third-order valence-corrected chi connectivity index (χ3v) is 4.14. The zero-order valence-electron chi connectivity index (χ0n) is 11.4. The van der Waals surface area contributed by atoms with Crippen molar-refractivity contribution in [3.8, 4) is 0 Å². The molecular formula is C14H15FN2O3S.